The van der Waals surface area contributed by atoms with Gasteiger partial charge in [0.15, 0.2) is 0 Å². The van der Waals surface area contributed by atoms with Gasteiger partial charge in [-0.25, -0.2) is 4.98 Å². The van der Waals surface area contributed by atoms with Gasteiger partial charge in [-0.05, 0) is 45.0 Å². The number of benzene rings is 1. The minimum atomic E-state index is 0.194. The van der Waals surface area contributed by atoms with Gasteiger partial charge in [0.2, 0.25) is 5.91 Å². The molecule has 3 rings (SSSR count). The van der Waals surface area contributed by atoms with Crippen LogP contribution in [0, 0.1) is 6.92 Å². The molecule has 5 nitrogen and oxygen atoms in total. The van der Waals surface area contributed by atoms with Crippen molar-refractivity contribution in [2.45, 2.75) is 26.8 Å². The zero-order valence-corrected chi connectivity index (χ0v) is 15.9. The lowest BCUT2D eigenvalue weighted by Gasteiger charge is -2.37. The second-order valence-electron chi connectivity index (χ2n) is 7.11. The van der Waals surface area contributed by atoms with Crippen LogP contribution in [-0.2, 0) is 4.79 Å². The van der Waals surface area contributed by atoms with Crippen molar-refractivity contribution in [2.24, 2.45) is 0 Å². The molecule has 0 atom stereocenters. The Morgan fingerprint density at radius 2 is 1.77 bits per heavy atom. The Morgan fingerprint density at radius 3 is 2.35 bits per heavy atom. The van der Waals surface area contributed by atoms with Gasteiger partial charge in [0, 0.05) is 44.1 Å². The minimum Gasteiger partial charge on any atom is -0.360 e. The van der Waals surface area contributed by atoms with Gasteiger partial charge >= 0.3 is 0 Å². The van der Waals surface area contributed by atoms with E-state index in [0.717, 1.165) is 37.7 Å². The van der Waals surface area contributed by atoms with Gasteiger partial charge < -0.3 is 14.7 Å². The first-order valence-electron chi connectivity index (χ1n) is 9.31. The largest absolute Gasteiger partial charge is 0.360 e. The topological polar surface area (TPSA) is 39.7 Å². The Balaban J connectivity index is 1.59. The summed E-state index contributed by atoms with van der Waals surface area (Å²) in [6.45, 7) is 9.91. The highest BCUT2D eigenvalue weighted by Gasteiger charge is 2.24. The standard InChI is InChI=1S/C21H28N4O/c1-17(2)25(19-9-7-18(3)8-10-19)16-21(26)24-14-12-23(13-15-24)20-6-4-5-11-22-20/h4-11,17H,12-16H2,1-3H3. The average molecular weight is 352 g/mol. The molecule has 2 heterocycles. The summed E-state index contributed by atoms with van der Waals surface area (Å²) in [6.07, 6.45) is 1.81. The zero-order chi connectivity index (χ0) is 18.5. The minimum absolute atomic E-state index is 0.194. The number of anilines is 2. The highest BCUT2D eigenvalue weighted by atomic mass is 16.2. The van der Waals surface area contributed by atoms with E-state index in [2.05, 4.69) is 59.8 Å². The fourth-order valence-corrected chi connectivity index (χ4v) is 3.28. The summed E-state index contributed by atoms with van der Waals surface area (Å²) >= 11 is 0. The summed E-state index contributed by atoms with van der Waals surface area (Å²) in [5, 5.41) is 0. The molecular weight excluding hydrogens is 324 g/mol. The fraction of sp³-hybridized carbons (Fsp3) is 0.429. The number of nitrogens with zero attached hydrogens (tertiary/aromatic N) is 4. The van der Waals surface area contributed by atoms with Gasteiger partial charge in [-0.3, -0.25) is 4.79 Å². The molecule has 1 aliphatic heterocycles. The second-order valence-corrected chi connectivity index (χ2v) is 7.11. The smallest absolute Gasteiger partial charge is 0.242 e. The molecule has 0 aliphatic carbocycles. The fourth-order valence-electron chi connectivity index (χ4n) is 3.28. The first-order valence-corrected chi connectivity index (χ1v) is 9.31. The summed E-state index contributed by atoms with van der Waals surface area (Å²) in [5.41, 5.74) is 2.33. The normalized spacial score (nSPS) is 14.6. The van der Waals surface area contributed by atoms with Crippen LogP contribution in [0.15, 0.2) is 48.7 Å². The Hall–Kier alpha value is -2.56. The lowest BCUT2D eigenvalue weighted by atomic mass is 10.2. The molecule has 1 aromatic carbocycles. The molecule has 5 heteroatoms. The van der Waals surface area contributed by atoms with Crippen LogP contribution in [0.5, 0.6) is 0 Å². The molecule has 0 radical (unpaired) electrons. The first kappa shape index (κ1) is 18.2. The molecule has 1 saturated heterocycles. The summed E-state index contributed by atoms with van der Waals surface area (Å²) in [7, 11) is 0. The lowest BCUT2D eigenvalue weighted by Crippen LogP contribution is -2.52. The van der Waals surface area contributed by atoms with E-state index in [-0.39, 0.29) is 11.9 Å². The zero-order valence-electron chi connectivity index (χ0n) is 15.9. The van der Waals surface area contributed by atoms with Crippen LogP contribution in [-0.4, -0.2) is 54.6 Å². The van der Waals surface area contributed by atoms with Gasteiger partial charge in [-0.15, -0.1) is 0 Å². The third kappa shape index (κ3) is 4.34. The molecule has 0 N–H and O–H groups in total. The summed E-state index contributed by atoms with van der Waals surface area (Å²) in [6, 6.07) is 14.6. The first-order chi connectivity index (χ1) is 12.5. The molecule has 0 saturated carbocycles. The number of pyridine rings is 1. The number of hydrogen-bond acceptors (Lipinski definition) is 4. The van der Waals surface area contributed by atoms with Gasteiger partial charge in [0.1, 0.15) is 5.82 Å². The monoisotopic (exact) mass is 352 g/mol. The number of piperazine rings is 1. The van der Waals surface area contributed by atoms with E-state index in [4.69, 9.17) is 0 Å². The predicted molar refractivity (Wildman–Crippen MR) is 107 cm³/mol. The van der Waals surface area contributed by atoms with Crippen LogP contribution >= 0.6 is 0 Å². The van der Waals surface area contributed by atoms with Crippen LogP contribution < -0.4 is 9.80 Å². The molecule has 1 amide bonds. The van der Waals surface area contributed by atoms with Crippen LogP contribution in [0.3, 0.4) is 0 Å². The molecule has 0 bridgehead atoms. The third-order valence-corrected chi connectivity index (χ3v) is 4.90. The molecule has 0 unspecified atom stereocenters. The molecule has 1 aliphatic rings. The predicted octanol–water partition coefficient (Wildman–Crippen LogP) is 2.95. The molecule has 26 heavy (non-hydrogen) atoms. The SMILES string of the molecule is Cc1ccc(N(CC(=O)N2CCN(c3ccccn3)CC2)C(C)C)cc1. The van der Waals surface area contributed by atoms with E-state index in [1.54, 1.807) is 0 Å². The lowest BCUT2D eigenvalue weighted by molar-refractivity contribution is -0.130. The number of rotatable bonds is 5. The Bertz CT molecular complexity index is 707. The van der Waals surface area contributed by atoms with E-state index in [1.807, 2.05) is 29.3 Å². The van der Waals surface area contributed by atoms with Gasteiger partial charge in [0.05, 0.1) is 6.54 Å². The molecular formula is C21H28N4O. The average Bonchev–Trinajstić information content (AvgIpc) is 2.67. The highest BCUT2D eigenvalue weighted by molar-refractivity contribution is 5.82. The second kappa shape index (κ2) is 8.21. The van der Waals surface area contributed by atoms with Crippen molar-refractivity contribution in [3.63, 3.8) is 0 Å². The maximum atomic E-state index is 12.8. The van der Waals surface area contributed by atoms with E-state index >= 15 is 0 Å². The van der Waals surface area contributed by atoms with Crippen molar-refractivity contribution in [2.75, 3.05) is 42.5 Å². The van der Waals surface area contributed by atoms with E-state index in [1.165, 1.54) is 5.56 Å². The maximum absolute atomic E-state index is 12.8. The number of hydrogen-bond donors (Lipinski definition) is 0. The van der Waals surface area contributed by atoms with Crippen molar-refractivity contribution in [3.05, 3.63) is 54.2 Å². The van der Waals surface area contributed by atoms with Gasteiger partial charge in [0.25, 0.3) is 0 Å². The van der Waals surface area contributed by atoms with E-state index in [9.17, 15) is 4.79 Å². The van der Waals surface area contributed by atoms with E-state index in [0.29, 0.717) is 6.54 Å². The number of carbonyl (C=O) groups is 1. The molecule has 0 spiro atoms. The molecule has 1 fully saturated rings. The Morgan fingerprint density at radius 1 is 1.08 bits per heavy atom. The Kier molecular flexibility index (Phi) is 5.76. The summed E-state index contributed by atoms with van der Waals surface area (Å²) in [4.78, 5) is 23.6. The van der Waals surface area contributed by atoms with Crippen LogP contribution in [0.2, 0.25) is 0 Å². The molecule has 1 aromatic heterocycles. The van der Waals surface area contributed by atoms with Crippen LogP contribution in [0.1, 0.15) is 19.4 Å². The quantitative estimate of drug-likeness (QED) is 0.829. The van der Waals surface area contributed by atoms with Crippen molar-refractivity contribution in [1.82, 2.24) is 9.88 Å². The maximum Gasteiger partial charge on any atom is 0.242 e. The highest BCUT2D eigenvalue weighted by Crippen LogP contribution is 2.19. The van der Waals surface area contributed by atoms with Crippen molar-refractivity contribution in [3.8, 4) is 0 Å². The van der Waals surface area contributed by atoms with Gasteiger partial charge in [-0.1, -0.05) is 23.8 Å². The van der Waals surface area contributed by atoms with Crippen molar-refractivity contribution in [1.29, 1.82) is 0 Å². The van der Waals surface area contributed by atoms with Crippen molar-refractivity contribution >= 4 is 17.4 Å². The summed E-state index contributed by atoms with van der Waals surface area (Å²) in [5.74, 6) is 1.18. The van der Waals surface area contributed by atoms with Gasteiger partial charge in [-0.2, -0.15) is 0 Å². The number of amides is 1. The summed E-state index contributed by atoms with van der Waals surface area (Å²) < 4.78 is 0. The molecule has 138 valence electrons. The van der Waals surface area contributed by atoms with Crippen molar-refractivity contribution < 1.29 is 4.79 Å². The number of aryl methyl sites for hydroxylation is 1. The Labute approximate surface area is 156 Å². The van der Waals surface area contributed by atoms with Crippen LogP contribution in [0.25, 0.3) is 0 Å². The number of aromatic nitrogens is 1. The third-order valence-electron chi connectivity index (χ3n) is 4.90. The molecule has 2 aromatic rings. The number of carbonyl (C=O) groups excluding carboxylic acids is 1. The van der Waals surface area contributed by atoms with Crippen LogP contribution in [0.4, 0.5) is 11.5 Å². The van der Waals surface area contributed by atoms with E-state index < -0.39 is 0 Å².